The Morgan fingerprint density at radius 1 is 1.14 bits per heavy atom. The maximum Gasteiger partial charge on any atom is 0.211 e. The number of nitrogens with zero attached hydrogens (tertiary/aromatic N) is 1. The predicted molar refractivity (Wildman–Crippen MR) is 88.0 cm³/mol. The lowest BCUT2D eigenvalue weighted by atomic mass is 9.94. The molecule has 1 rings (SSSR count). The third-order valence-electron chi connectivity index (χ3n) is 4.63. The van der Waals surface area contributed by atoms with Gasteiger partial charge in [0.2, 0.25) is 10.0 Å². The third kappa shape index (κ3) is 6.66. The van der Waals surface area contributed by atoms with Gasteiger partial charge in [-0.05, 0) is 32.6 Å². The molecule has 0 radical (unpaired) electrons. The van der Waals surface area contributed by atoms with Crippen molar-refractivity contribution >= 4 is 10.0 Å². The van der Waals surface area contributed by atoms with E-state index in [1.165, 1.54) is 31.9 Å². The maximum absolute atomic E-state index is 11.5. The standard InChI is InChI=1S/C16H33NO3S/c1-5-7-8-9-12-16(3,6-2)20-15-10-13-17(14-11-15)21(4,18)19/h15H,5-14H2,1-4H3. The second kappa shape index (κ2) is 8.49. The van der Waals surface area contributed by atoms with Crippen molar-refractivity contribution < 1.29 is 13.2 Å². The average Bonchev–Trinajstić information content (AvgIpc) is 2.43. The summed E-state index contributed by atoms with van der Waals surface area (Å²) in [4.78, 5) is 0. The van der Waals surface area contributed by atoms with Crippen LogP contribution in [0.5, 0.6) is 0 Å². The summed E-state index contributed by atoms with van der Waals surface area (Å²) in [5.74, 6) is 0. The molecule has 0 aliphatic carbocycles. The first-order chi connectivity index (χ1) is 9.80. The largest absolute Gasteiger partial charge is 0.372 e. The van der Waals surface area contributed by atoms with E-state index in [9.17, 15) is 8.42 Å². The fraction of sp³-hybridized carbons (Fsp3) is 1.00. The van der Waals surface area contributed by atoms with E-state index in [1.807, 2.05) is 0 Å². The van der Waals surface area contributed by atoms with Crippen molar-refractivity contribution in [1.82, 2.24) is 4.31 Å². The van der Waals surface area contributed by atoms with Crippen LogP contribution in [0.25, 0.3) is 0 Å². The van der Waals surface area contributed by atoms with Gasteiger partial charge >= 0.3 is 0 Å². The SMILES string of the molecule is CCCCCCC(C)(CC)OC1CCN(S(C)(=O)=O)CC1. The van der Waals surface area contributed by atoms with Crippen molar-refractivity contribution in [3.05, 3.63) is 0 Å². The fourth-order valence-corrected chi connectivity index (χ4v) is 3.80. The van der Waals surface area contributed by atoms with Crippen molar-refractivity contribution in [3.63, 3.8) is 0 Å². The molecule has 0 saturated carbocycles. The smallest absolute Gasteiger partial charge is 0.211 e. The van der Waals surface area contributed by atoms with Gasteiger partial charge in [0.05, 0.1) is 18.0 Å². The highest BCUT2D eigenvalue weighted by atomic mass is 32.2. The van der Waals surface area contributed by atoms with E-state index in [0.29, 0.717) is 13.1 Å². The van der Waals surface area contributed by atoms with E-state index in [-0.39, 0.29) is 11.7 Å². The van der Waals surface area contributed by atoms with Crippen LogP contribution in [0.4, 0.5) is 0 Å². The molecule has 126 valence electrons. The summed E-state index contributed by atoms with van der Waals surface area (Å²) in [6.45, 7) is 7.82. The van der Waals surface area contributed by atoms with E-state index < -0.39 is 10.0 Å². The van der Waals surface area contributed by atoms with Gasteiger partial charge in [0.1, 0.15) is 0 Å². The topological polar surface area (TPSA) is 46.6 Å². The quantitative estimate of drug-likeness (QED) is 0.610. The lowest BCUT2D eigenvalue weighted by molar-refractivity contribution is -0.104. The molecule has 1 atom stereocenters. The van der Waals surface area contributed by atoms with Crippen molar-refractivity contribution in [3.8, 4) is 0 Å². The fourth-order valence-electron chi connectivity index (χ4n) is 2.93. The number of sulfonamides is 1. The molecule has 0 amide bonds. The minimum Gasteiger partial charge on any atom is -0.372 e. The highest BCUT2D eigenvalue weighted by molar-refractivity contribution is 7.88. The Morgan fingerprint density at radius 3 is 2.24 bits per heavy atom. The predicted octanol–water partition coefficient (Wildman–Crippen LogP) is 3.57. The number of ether oxygens (including phenoxy) is 1. The summed E-state index contributed by atoms with van der Waals surface area (Å²) in [6.07, 6.45) is 10.3. The molecular formula is C16H33NO3S. The Hall–Kier alpha value is -0.130. The Kier molecular flexibility index (Phi) is 7.65. The van der Waals surface area contributed by atoms with E-state index >= 15 is 0 Å². The maximum atomic E-state index is 11.5. The van der Waals surface area contributed by atoms with Crippen LogP contribution >= 0.6 is 0 Å². The van der Waals surface area contributed by atoms with Gasteiger partial charge in [-0.15, -0.1) is 0 Å². The van der Waals surface area contributed by atoms with E-state index in [1.54, 1.807) is 4.31 Å². The number of rotatable bonds is 9. The zero-order valence-corrected chi connectivity index (χ0v) is 15.0. The van der Waals surface area contributed by atoms with Crippen LogP contribution < -0.4 is 0 Å². The molecule has 1 saturated heterocycles. The summed E-state index contributed by atoms with van der Waals surface area (Å²) in [7, 11) is -3.04. The lowest BCUT2D eigenvalue weighted by Crippen LogP contribution is -2.43. The molecular weight excluding hydrogens is 286 g/mol. The molecule has 21 heavy (non-hydrogen) atoms. The molecule has 5 heteroatoms. The van der Waals surface area contributed by atoms with E-state index in [0.717, 1.165) is 25.7 Å². The van der Waals surface area contributed by atoms with Gasteiger partial charge < -0.3 is 4.74 Å². The van der Waals surface area contributed by atoms with Gasteiger partial charge in [0, 0.05) is 13.1 Å². The molecule has 0 spiro atoms. The minimum absolute atomic E-state index is 0.0499. The van der Waals surface area contributed by atoms with Gasteiger partial charge in [0.15, 0.2) is 0 Å². The van der Waals surface area contributed by atoms with Gasteiger partial charge in [-0.1, -0.05) is 39.5 Å². The van der Waals surface area contributed by atoms with Crippen LogP contribution in [0.15, 0.2) is 0 Å². The molecule has 0 N–H and O–H groups in total. The Labute approximate surface area is 131 Å². The third-order valence-corrected chi connectivity index (χ3v) is 5.93. The van der Waals surface area contributed by atoms with Crippen molar-refractivity contribution in [2.45, 2.75) is 83.8 Å². The van der Waals surface area contributed by atoms with Gasteiger partial charge in [0.25, 0.3) is 0 Å². The van der Waals surface area contributed by atoms with Crippen LogP contribution in [-0.2, 0) is 14.8 Å². The first-order valence-corrected chi connectivity index (χ1v) is 10.3. The van der Waals surface area contributed by atoms with Crippen LogP contribution in [0.1, 0.15) is 72.1 Å². The van der Waals surface area contributed by atoms with Crippen molar-refractivity contribution in [2.75, 3.05) is 19.3 Å². The van der Waals surface area contributed by atoms with Gasteiger partial charge in [-0.3, -0.25) is 0 Å². The number of hydrogen-bond donors (Lipinski definition) is 0. The zero-order valence-electron chi connectivity index (χ0n) is 14.2. The number of piperidine rings is 1. The molecule has 4 nitrogen and oxygen atoms in total. The summed E-state index contributed by atoms with van der Waals surface area (Å²) >= 11 is 0. The first-order valence-electron chi connectivity index (χ1n) is 8.43. The average molecular weight is 320 g/mol. The molecule has 0 aromatic heterocycles. The Bertz CT molecular complexity index is 388. The molecule has 1 aliphatic heterocycles. The van der Waals surface area contributed by atoms with Crippen LogP contribution in [0, 0.1) is 0 Å². The molecule has 0 bridgehead atoms. The second-order valence-corrected chi connectivity index (χ2v) is 8.58. The van der Waals surface area contributed by atoms with Crippen LogP contribution in [-0.4, -0.2) is 43.8 Å². The van der Waals surface area contributed by atoms with Crippen LogP contribution in [0.2, 0.25) is 0 Å². The second-order valence-electron chi connectivity index (χ2n) is 6.59. The molecule has 1 unspecified atom stereocenters. The molecule has 1 heterocycles. The van der Waals surface area contributed by atoms with Gasteiger partial charge in [-0.2, -0.15) is 0 Å². The molecule has 1 aliphatic rings. The first kappa shape index (κ1) is 18.9. The monoisotopic (exact) mass is 319 g/mol. The summed E-state index contributed by atoms with van der Waals surface area (Å²) in [6, 6.07) is 0. The highest BCUT2D eigenvalue weighted by Gasteiger charge is 2.31. The normalized spacial score (nSPS) is 21.3. The van der Waals surface area contributed by atoms with E-state index in [4.69, 9.17) is 4.74 Å². The van der Waals surface area contributed by atoms with Crippen molar-refractivity contribution in [1.29, 1.82) is 0 Å². The molecule has 0 aromatic carbocycles. The molecule has 0 aromatic rings. The van der Waals surface area contributed by atoms with Gasteiger partial charge in [-0.25, -0.2) is 12.7 Å². The minimum atomic E-state index is -3.04. The molecule has 1 fully saturated rings. The summed E-state index contributed by atoms with van der Waals surface area (Å²) < 4.78 is 31.0. The Balaban J connectivity index is 2.40. The number of hydrogen-bond acceptors (Lipinski definition) is 3. The number of unbranched alkanes of at least 4 members (excludes halogenated alkanes) is 3. The summed E-state index contributed by atoms with van der Waals surface area (Å²) in [5, 5.41) is 0. The van der Waals surface area contributed by atoms with Crippen molar-refractivity contribution in [2.24, 2.45) is 0 Å². The summed E-state index contributed by atoms with van der Waals surface area (Å²) in [5.41, 5.74) is -0.0499. The van der Waals surface area contributed by atoms with Crippen LogP contribution in [0.3, 0.4) is 0 Å². The van der Waals surface area contributed by atoms with E-state index in [2.05, 4.69) is 20.8 Å². The Morgan fingerprint density at radius 2 is 1.76 bits per heavy atom. The zero-order chi connectivity index (χ0) is 15.9. The highest BCUT2D eigenvalue weighted by Crippen LogP contribution is 2.28. The lowest BCUT2D eigenvalue weighted by Gasteiger charge is -2.37.